The molecular formula is C17H30IN5O3S. The number of rotatable bonds is 7. The van der Waals surface area contributed by atoms with Crippen LogP contribution in [0.25, 0.3) is 0 Å². The molecule has 1 aromatic rings. The minimum Gasteiger partial charge on any atom is -0.364 e. The van der Waals surface area contributed by atoms with E-state index in [1.807, 2.05) is 6.07 Å². The molecule has 2 fully saturated rings. The molecule has 1 aliphatic carbocycles. The van der Waals surface area contributed by atoms with E-state index in [2.05, 4.69) is 27.2 Å². The smallest absolute Gasteiger partial charge is 0.194 e. The molecular weight excluding hydrogens is 481 g/mol. The summed E-state index contributed by atoms with van der Waals surface area (Å²) in [5, 5.41) is 7.33. The highest BCUT2D eigenvalue weighted by atomic mass is 127. The van der Waals surface area contributed by atoms with Crippen LogP contribution in [0.1, 0.15) is 25.5 Å². The Morgan fingerprint density at radius 3 is 2.56 bits per heavy atom. The van der Waals surface area contributed by atoms with Crippen LogP contribution in [0.2, 0.25) is 0 Å². The zero-order valence-corrected chi connectivity index (χ0v) is 19.2. The molecule has 1 saturated heterocycles. The normalized spacial score (nSPS) is 20.2. The number of nitrogens with zero attached hydrogens (tertiary/aromatic N) is 4. The SMILES string of the molecule is CCNC(=NCC1(CS(C)(=O)=O)CC1)N1CCN(Cc2ccon2)CC1.I. The molecule has 3 rings (SSSR count). The number of aromatic nitrogens is 1. The average molecular weight is 511 g/mol. The van der Waals surface area contributed by atoms with E-state index in [1.54, 1.807) is 6.26 Å². The molecule has 1 aliphatic heterocycles. The second kappa shape index (κ2) is 9.55. The van der Waals surface area contributed by atoms with E-state index in [-0.39, 0.29) is 35.1 Å². The molecule has 0 bridgehead atoms. The lowest BCUT2D eigenvalue weighted by molar-refractivity contribution is 0.169. The molecule has 1 aromatic heterocycles. The molecule has 1 N–H and O–H groups in total. The molecule has 2 aliphatic rings. The molecule has 0 radical (unpaired) electrons. The lowest BCUT2D eigenvalue weighted by Crippen LogP contribution is -2.52. The maximum atomic E-state index is 11.6. The zero-order chi connectivity index (χ0) is 18.6. The van der Waals surface area contributed by atoms with Crippen molar-refractivity contribution < 1.29 is 12.9 Å². The summed E-state index contributed by atoms with van der Waals surface area (Å²) in [5.74, 6) is 1.14. The summed E-state index contributed by atoms with van der Waals surface area (Å²) in [6.45, 7) is 7.90. The molecule has 27 heavy (non-hydrogen) atoms. The van der Waals surface area contributed by atoms with Gasteiger partial charge in [-0.15, -0.1) is 24.0 Å². The average Bonchev–Trinajstić information content (AvgIpc) is 3.13. The van der Waals surface area contributed by atoms with E-state index in [4.69, 9.17) is 9.52 Å². The molecule has 0 atom stereocenters. The Labute approximate surface area is 178 Å². The van der Waals surface area contributed by atoms with Crippen molar-refractivity contribution in [2.24, 2.45) is 10.4 Å². The predicted molar refractivity (Wildman–Crippen MR) is 116 cm³/mol. The fourth-order valence-corrected chi connectivity index (χ4v) is 4.91. The van der Waals surface area contributed by atoms with Gasteiger partial charge in [0.25, 0.3) is 0 Å². The first-order chi connectivity index (χ1) is 12.4. The number of sulfone groups is 1. The highest BCUT2D eigenvalue weighted by molar-refractivity contribution is 14.0. The monoisotopic (exact) mass is 511 g/mol. The van der Waals surface area contributed by atoms with Crippen molar-refractivity contribution in [3.05, 3.63) is 18.0 Å². The van der Waals surface area contributed by atoms with Crippen LogP contribution in [0.4, 0.5) is 0 Å². The minimum absolute atomic E-state index is 0. The third-order valence-corrected chi connectivity index (χ3v) is 6.11. The van der Waals surface area contributed by atoms with Gasteiger partial charge >= 0.3 is 0 Å². The van der Waals surface area contributed by atoms with E-state index in [0.717, 1.165) is 63.8 Å². The van der Waals surface area contributed by atoms with Crippen LogP contribution in [0.5, 0.6) is 0 Å². The van der Waals surface area contributed by atoms with Crippen molar-refractivity contribution in [2.75, 3.05) is 51.3 Å². The predicted octanol–water partition coefficient (Wildman–Crippen LogP) is 1.20. The van der Waals surface area contributed by atoms with Gasteiger partial charge in [0.2, 0.25) is 0 Å². The van der Waals surface area contributed by atoms with Gasteiger partial charge < -0.3 is 14.7 Å². The number of piperazine rings is 1. The maximum absolute atomic E-state index is 11.6. The van der Waals surface area contributed by atoms with Crippen molar-refractivity contribution >= 4 is 39.8 Å². The lowest BCUT2D eigenvalue weighted by atomic mass is 10.1. The van der Waals surface area contributed by atoms with Gasteiger partial charge in [0.1, 0.15) is 16.1 Å². The van der Waals surface area contributed by atoms with Crippen molar-refractivity contribution in [1.29, 1.82) is 0 Å². The van der Waals surface area contributed by atoms with Crippen LogP contribution >= 0.6 is 24.0 Å². The highest BCUT2D eigenvalue weighted by Crippen LogP contribution is 2.46. The zero-order valence-electron chi connectivity index (χ0n) is 16.1. The van der Waals surface area contributed by atoms with Crippen molar-refractivity contribution in [1.82, 2.24) is 20.3 Å². The van der Waals surface area contributed by atoms with Crippen LogP contribution in [-0.2, 0) is 16.4 Å². The van der Waals surface area contributed by atoms with Crippen LogP contribution < -0.4 is 5.32 Å². The number of hydrogen-bond donors (Lipinski definition) is 1. The molecule has 0 amide bonds. The van der Waals surface area contributed by atoms with Crippen molar-refractivity contribution in [2.45, 2.75) is 26.3 Å². The lowest BCUT2D eigenvalue weighted by Gasteiger charge is -2.36. The second-order valence-electron chi connectivity index (χ2n) is 7.49. The van der Waals surface area contributed by atoms with Gasteiger partial charge in [-0.3, -0.25) is 9.89 Å². The molecule has 8 nitrogen and oxygen atoms in total. The van der Waals surface area contributed by atoms with Gasteiger partial charge in [-0.1, -0.05) is 5.16 Å². The van der Waals surface area contributed by atoms with Gasteiger partial charge in [0, 0.05) is 63.6 Å². The summed E-state index contributed by atoms with van der Waals surface area (Å²) in [6.07, 6.45) is 4.82. The number of aliphatic imine (C=N–C) groups is 1. The molecule has 0 spiro atoms. The van der Waals surface area contributed by atoms with Gasteiger partial charge in [-0.2, -0.15) is 0 Å². The summed E-state index contributed by atoms with van der Waals surface area (Å²) < 4.78 is 28.2. The van der Waals surface area contributed by atoms with Crippen LogP contribution in [0, 0.1) is 5.41 Å². The van der Waals surface area contributed by atoms with Gasteiger partial charge in [0.05, 0.1) is 11.4 Å². The quantitative estimate of drug-likeness (QED) is 0.334. The summed E-state index contributed by atoms with van der Waals surface area (Å²) in [5.41, 5.74) is 0.818. The first-order valence-electron chi connectivity index (χ1n) is 9.22. The highest BCUT2D eigenvalue weighted by Gasteiger charge is 2.45. The van der Waals surface area contributed by atoms with E-state index >= 15 is 0 Å². The summed E-state index contributed by atoms with van der Waals surface area (Å²) >= 11 is 0. The topological polar surface area (TPSA) is 91.0 Å². The summed E-state index contributed by atoms with van der Waals surface area (Å²) in [7, 11) is -2.96. The van der Waals surface area contributed by atoms with Crippen LogP contribution in [-0.4, -0.2) is 80.6 Å². The Morgan fingerprint density at radius 1 is 1.33 bits per heavy atom. The number of nitrogens with one attached hydrogen (secondary N) is 1. The fraction of sp³-hybridized carbons (Fsp3) is 0.765. The molecule has 10 heteroatoms. The maximum Gasteiger partial charge on any atom is 0.194 e. The first kappa shape index (κ1) is 22.4. The molecule has 1 saturated carbocycles. The van der Waals surface area contributed by atoms with Gasteiger partial charge in [-0.05, 0) is 19.8 Å². The molecule has 2 heterocycles. The first-order valence-corrected chi connectivity index (χ1v) is 11.3. The second-order valence-corrected chi connectivity index (χ2v) is 9.63. The Morgan fingerprint density at radius 2 is 2.04 bits per heavy atom. The third kappa shape index (κ3) is 6.90. The minimum atomic E-state index is -2.96. The number of guanidine groups is 1. The summed E-state index contributed by atoms with van der Waals surface area (Å²) in [4.78, 5) is 9.39. The van der Waals surface area contributed by atoms with Crippen molar-refractivity contribution in [3.8, 4) is 0 Å². The Kier molecular flexibility index (Phi) is 7.93. The van der Waals surface area contributed by atoms with Crippen molar-refractivity contribution in [3.63, 3.8) is 0 Å². The number of hydrogen-bond acceptors (Lipinski definition) is 6. The van der Waals surface area contributed by atoms with Crippen LogP contribution in [0.3, 0.4) is 0 Å². The Hall–Kier alpha value is -0.880. The van der Waals surface area contributed by atoms with Crippen LogP contribution in [0.15, 0.2) is 21.8 Å². The van der Waals surface area contributed by atoms with Gasteiger partial charge in [0.15, 0.2) is 5.96 Å². The molecule has 154 valence electrons. The molecule has 0 aromatic carbocycles. The van der Waals surface area contributed by atoms with E-state index in [9.17, 15) is 8.42 Å². The summed E-state index contributed by atoms with van der Waals surface area (Å²) in [6, 6.07) is 1.90. The number of halogens is 1. The third-order valence-electron chi connectivity index (χ3n) is 4.97. The van der Waals surface area contributed by atoms with Gasteiger partial charge in [-0.25, -0.2) is 8.42 Å². The largest absolute Gasteiger partial charge is 0.364 e. The molecule has 0 unspecified atom stereocenters. The fourth-order valence-electron chi connectivity index (χ4n) is 3.42. The van der Waals surface area contributed by atoms with E-state index < -0.39 is 9.84 Å². The Balaban J connectivity index is 0.00000261. The standard InChI is InChI=1S/C17H29N5O3S.HI/c1-3-18-16(19-13-17(5-6-17)14-26(2,23)24)22-9-7-21(8-10-22)12-15-4-11-25-20-15;/h4,11H,3,5-10,12-14H2,1-2H3,(H,18,19);1H. The van der Waals surface area contributed by atoms with E-state index in [0.29, 0.717) is 6.54 Å². The van der Waals surface area contributed by atoms with E-state index in [1.165, 1.54) is 6.26 Å². The Bertz CT molecular complexity index is 711.